The Morgan fingerprint density at radius 3 is 2.61 bits per heavy atom. The van der Waals surface area contributed by atoms with Crippen molar-refractivity contribution in [3.63, 3.8) is 0 Å². The van der Waals surface area contributed by atoms with Gasteiger partial charge in [0.25, 0.3) is 0 Å². The minimum atomic E-state index is 0.0615. The average Bonchev–Trinajstić information content (AvgIpc) is 3.20. The number of ether oxygens (including phenoxy) is 1. The molecule has 28 heavy (non-hydrogen) atoms. The lowest BCUT2D eigenvalue weighted by atomic mass is 9.86. The van der Waals surface area contributed by atoms with E-state index in [4.69, 9.17) is 9.84 Å². The van der Waals surface area contributed by atoms with Crippen LogP contribution >= 0.6 is 15.9 Å². The van der Waals surface area contributed by atoms with Gasteiger partial charge in [0.1, 0.15) is 5.75 Å². The van der Waals surface area contributed by atoms with Crippen LogP contribution in [-0.4, -0.2) is 16.9 Å². The topological polar surface area (TPSA) is 24.8 Å². The number of rotatable bonds is 3. The smallest absolute Gasteiger partial charge is 0.190 e. The highest BCUT2D eigenvalue weighted by Crippen LogP contribution is 2.47. The molecule has 5 rings (SSSR count). The maximum atomic E-state index is 6.56. The van der Waals surface area contributed by atoms with Gasteiger partial charge in [-0.3, -0.25) is 0 Å². The summed E-state index contributed by atoms with van der Waals surface area (Å²) in [4.78, 5) is 0. The van der Waals surface area contributed by atoms with Gasteiger partial charge in [-0.25, -0.2) is 5.01 Å². The highest BCUT2D eigenvalue weighted by atomic mass is 79.9. The molecule has 2 heterocycles. The predicted octanol–water partition coefficient (Wildman–Crippen LogP) is 6.46. The lowest BCUT2D eigenvalue weighted by molar-refractivity contribution is -0.0644. The highest BCUT2D eigenvalue weighted by molar-refractivity contribution is 9.10. The Hall–Kier alpha value is -1.81. The van der Waals surface area contributed by atoms with Gasteiger partial charge in [-0.2, -0.15) is 5.10 Å². The van der Waals surface area contributed by atoms with Gasteiger partial charge in [-0.05, 0) is 48.6 Å². The summed E-state index contributed by atoms with van der Waals surface area (Å²) in [5, 5.41) is 7.42. The second-order valence-corrected chi connectivity index (χ2v) is 9.20. The van der Waals surface area contributed by atoms with E-state index in [1.165, 1.54) is 54.5 Å². The molecule has 3 aliphatic rings. The maximum absolute atomic E-state index is 6.56. The van der Waals surface area contributed by atoms with Crippen molar-refractivity contribution in [3.05, 3.63) is 63.6 Å². The van der Waals surface area contributed by atoms with Crippen LogP contribution in [0.1, 0.15) is 68.2 Å². The Balaban J connectivity index is 1.51. The monoisotopic (exact) mass is 438 g/mol. The standard InChI is InChI=1S/C24H27BrN2O/c1-2-16-8-10-17(11-9-16)21-15-22-20-14-19(25)12-13-23(20)28-24(27(22)26-21)18-6-4-3-5-7-18/h8-14,18,22,24H,2-7,15H2,1H3/t22-,24+/m1/s1. The van der Waals surface area contributed by atoms with Crippen LogP contribution in [0.5, 0.6) is 5.75 Å². The normalized spacial score (nSPS) is 24.4. The van der Waals surface area contributed by atoms with Gasteiger partial charge in [-0.15, -0.1) is 0 Å². The predicted molar refractivity (Wildman–Crippen MR) is 117 cm³/mol. The van der Waals surface area contributed by atoms with Crippen molar-refractivity contribution in [2.75, 3.05) is 0 Å². The Morgan fingerprint density at radius 1 is 1.07 bits per heavy atom. The van der Waals surface area contributed by atoms with Crippen molar-refractivity contribution in [1.82, 2.24) is 5.01 Å². The van der Waals surface area contributed by atoms with Gasteiger partial charge in [0.2, 0.25) is 0 Å². The zero-order chi connectivity index (χ0) is 19.1. The summed E-state index contributed by atoms with van der Waals surface area (Å²) in [6.45, 7) is 2.20. The summed E-state index contributed by atoms with van der Waals surface area (Å²) in [6, 6.07) is 15.6. The van der Waals surface area contributed by atoms with Crippen molar-refractivity contribution in [1.29, 1.82) is 0 Å². The van der Waals surface area contributed by atoms with E-state index in [0.717, 1.165) is 23.1 Å². The maximum Gasteiger partial charge on any atom is 0.190 e. The second kappa shape index (κ2) is 7.55. The third kappa shape index (κ3) is 3.26. The number of nitrogens with zero attached hydrogens (tertiary/aromatic N) is 2. The van der Waals surface area contributed by atoms with Gasteiger partial charge in [-0.1, -0.05) is 66.4 Å². The number of hydrogen-bond acceptors (Lipinski definition) is 3. The molecule has 0 radical (unpaired) electrons. The number of aryl methyl sites for hydroxylation is 1. The number of hydrazone groups is 1. The quantitative estimate of drug-likeness (QED) is 0.548. The van der Waals surface area contributed by atoms with Gasteiger partial charge in [0.05, 0.1) is 11.8 Å². The molecule has 0 aromatic heterocycles. The van der Waals surface area contributed by atoms with E-state index < -0.39 is 0 Å². The fraction of sp³-hybridized carbons (Fsp3) is 0.458. The van der Waals surface area contributed by atoms with E-state index in [0.29, 0.717) is 5.92 Å². The van der Waals surface area contributed by atoms with Crippen LogP contribution in [0.4, 0.5) is 0 Å². The molecule has 2 aliphatic heterocycles. The number of fused-ring (bicyclic) bond motifs is 3. The zero-order valence-electron chi connectivity index (χ0n) is 16.4. The van der Waals surface area contributed by atoms with E-state index in [-0.39, 0.29) is 12.3 Å². The number of halogens is 1. The van der Waals surface area contributed by atoms with Crippen LogP contribution in [0.3, 0.4) is 0 Å². The van der Waals surface area contributed by atoms with Gasteiger partial charge < -0.3 is 4.74 Å². The molecule has 0 amide bonds. The summed E-state index contributed by atoms with van der Waals surface area (Å²) in [5.41, 5.74) is 5.05. The minimum Gasteiger partial charge on any atom is -0.468 e. The molecule has 0 unspecified atom stereocenters. The van der Waals surface area contributed by atoms with E-state index in [1.807, 2.05) is 0 Å². The minimum absolute atomic E-state index is 0.0615. The molecule has 0 N–H and O–H groups in total. The fourth-order valence-electron chi connectivity index (χ4n) is 4.92. The molecular formula is C24H27BrN2O. The van der Waals surface area contributed by atoms with Gasteiger partial charge >= 0.3 is 0 Å². The molecule has 146 valence electrons. The van der Waals surface area contributed by atoms with Crippen LogP contribution in [0.25, 0.3) is 0 Å². The first-order valence-corrected chi connectivity index (χ1v) is 11.4. The second-order valence-electron chi connectivity index (χ2n) is 8.29. The molecular weight excluding hydrogens is 412 g/mol. The molecule has 0 spiro atoms. The van der Waals surface area contributed by atoms with Gasteiger partial charge in [0.15, 0.2) is 6.23 Å². The zero-order valence-corrected chi connectivity index (χ0v) is 18.0. The highest BCUT2D eigenvalue weighted by Gasteiger charge is 2.43. The van der Waals surface area contributed by atoms with Crippen molar-refractivity contribution in [3.8, 4) is 5.75 Å². The third-order valence-electron chi connectivity index (χ3n) is 6.53. The molecule has 1 aliphatic carbocycles. The summed E-state index contributed by atoms with van der Waals surface area (Å²) in [7, 11) is 0. The lowest BCUT2D eigenvalue weighted by Crippen LogP contribution is -2.45. The van der Waals surface area contributed by atoms with E-state index >= 15 is 0 Å². The molecule has 3 nitrogen and oxygen atoms in total. The summed E-state index contributed by atoms with van der Waals surface area (Å²) >= 11 is 3.64. The summed E-state index contributed by atoms with van der Waals surface area (Å²) in [6.07, 6.45) is 8.55. The Morgan fingerprint density at radius 2 is 1.86 bits per heavy atom. The van der Waals surface area contributed by atoms with Crippen molar-refractivity contribution in [2.45, 2.75) is 64.1 Å². The van der Waals surface area contributed by atoms with Gasteiger partial charge in [0, 0.05) is 22.4 Å². The first-order valence-electron chi connectivity index (χ1n) is 10.6. The van der Waals surface area contributed by atoms with Crippen LogP contribution in [0.2, 0.25) is 0 Å². The molecule has 4 heteroatoms. The molecule has 2 atom stereocenters. The Kier molecular flexibility index (Phi) is 4.92. The number of benzene rings is 2. The summed E-state index contributed by atoms with van der Waals surface area (Å²) < 4.78 is 7.66. The average molecular weight is 439 g/mol. The Bertz CT molecular complexity index is 886. The Labute approximate surface area is 175 Å². The van der Waals surface area contributed by atoms with E-state index in [2.05, 4.69) is 70.3 Å². The summed E-state index contributed by atoms with van der Waals surface area (Å²) in [5.74, 6) is 1.61. The fourth-order valence-corrected chi connectivity index (χ4v) is 5.30. The number of hydrogen-bond donors (Lipinski definition) is 0. The molecule has 2 aromatic carbocycles. The molecule has 0 saturated heterocycles. The first kappa shape index (κ1) is 18.2. The SMILES string of the molecule is CCc1ccc(C2=NN3[C@H](C2)c2cc(Br)ccc2O[C@H]3C2CCCCC2)cc1. The largest absolute Gasteiger partial charge is 0.468 e. The molecule has 2 aromatic rings. The third-order valence-corrected chi connectivity index (χ3v) is 7.02. The first-order chi connectivity index (χ1) is 13.7. The van der Waals surface area contributed by atoms with Crippen molar-refractivity contribution >= 4 is 21.6 Å². The van der Waals surface area contributed by atoms with E-state index in [1.54, 1.807) is 0 Å². The van der Waals surface area contributed by atoms with E-state index in [9.17, 15) is 0 Å². The van der Waals surface area contributed by atoms with Crippen LogP contribution < -0.4 is 4.74 Å². The van der Waals surface area contributed by atoms with Crippen LogP contribution in [0, 0.1) is 5.92 Å². The molecule has 1 fully saturated rings. The van der Waals surface area contributed by atoms with Crippen LogP contribution in [-0.2, 0) is 6.42 Å². The van der Waals surface area contributed by atoms with Crippen molar-refractivity contribution < 1.29 is 4.74 Å². The molecule has 1 saturated carbocycles. The molecule has 0 bridgehead atoms. The lowest BCUT2D eigenvalue weighted by Gasteiger charge is -2.42. The van der Waals surface area contributed by atoms with Crippen molar-refractivity contribution in [2.24, 2.45) is 11.0 Å². The van der Waals surface area contributed by atoms with Crippen LogP contribution in [0.15, 0.2) is 52.0 Å².